The van der Waals surface area contributed by atoms with Gasteiger partial charge in [0, 0.05) is 11.9 Å². The zero-order valence-electron chi connectivity index (χ0n) is 12.2. The molecular weight excluding hydrogens is 278 g/mol. The Bertz CT molecular complexity index is 870. The fourth-order valence-corrected chi connectivity index (χ4v) is 2.93. The number of aryl methyl sites for hydroxylation is 2. The van der Waals surface area contributed by atoms with Crippen LogP contribution in [0.15, 0.2) is 36.5 Å². The van der Waals surface area contributed by atoms with Gasteiger partial charge < -0.3 is 5.32 Å². The Kier molecular flexibility index (Phi) is 2.89. The summed E-state index contributed by atoms with van der Waals surface area (Å²) in [4.78, 5) is 20.7. The topological polar surface area (TPSA) is 72.2 Å². The summed E-state index contributed by atoms with van der Waals surface area (Å²) < 4.78 is 1.58. The van der Waals surface area contributed by atoms with Crippen LogP contribution >= 0.6 is 0 Å². The minimum absolute atomic E-state index is 0.0318. The van der Waals surface area contributed by atoms with Gasteiger partial charge in [0.2, 0.25) is 5.82 Å². The van der Waals surface area contributed by atoms with Crippen LogP contribution in [0.4, 0.5) is 0 Å². The van der Waals surface area contributed by atoms with Crippen LogP contribution < -0.4 is 5.32 Å². The van der Waals surface area contributed by atoms with Crippen LogP contribution in [-0.2, 0) is 6.42 Å². The van der Waals surface area contributed by atoms with E-state index in [0.29, 0.717) is 5.78 Å². The Morgan fingerprint density at radius 2 is 2.18 bits per heavy atom. The van der Waals surface area contributed by atoms with Crippen molar-refractivity contribution in [3.8, 4) is 0 Å². The Balaban J connectivity index is 1.61. The molecule has 1 aliphatic carbocycles. The number of amides is 1. The zero-order valence-corrected chi connectivity index (χ0v) is 12.2. The third-order valence-corrected chi connectivity index (χ3v) is 4.07. The van der Waals surface area contributed by atoms with Crippen LogP contribution in [0.5, 0.6) is 0 Å². The molecule has 1 amide bonds. The lowest BCUT2D eigenvalue weighted by atomic mass is 10.1. The van der Waals surface area contributed by atoms with Gasteiger partial charge in [0.05, 0.1) is 6.04 Å². The molecule has 1 atom stereocenters. The molecule has 0 saturated heterocycles. The number of aromatic nitrogens is 4. The summed E-state index contributed by atoms with van der Waals surface area (Å²) in [6.45, 7) is 1.90. The summed E-state index contributed by atoms with van der Waals surface area (Å²) in [6, 6.07) is 10.1. The number of rotatable bonds is 2. The number of nitrogens with one attached hydrogen (secondary N) is 1. The van der Waals surface area contributed by atoms with E-state index in [2.05, 4.69) is 32.5 Å². The molecule has 1 aliphatic rings. The van der Waals surface area contributed by atoms with E-state index in [1.165, 1.54) is 11.1 Å². The van der Waals surface area contributed by atoms with Crippen molar-refractivity contribution in [3.05, 3.63) is 59.2 Å². The van der Waals surface area contributed by atoms with Crippen LogP contribution in [0.2, 0.25) is 0 Å². The quantitative estimate of drug-likeness (QED) is 0.782. The molecular formula is C16H15N5O. The average Bonchev–Trinajstić information content (AvgIpc) is 3.13. The molecule has 1 N–H and O–H groups in total. The van der Waals surface area contributed by atoms with Crippen LogP contribution in [0.25, 0.3) is 5.78 Å². The van der Waals surface area contributed by atoms with Crippen LogP contribution in [0.1, 0.15) is 39.9 Å². The smallest absolute Gasteiger partial charge is 0.291 e. The monoisotopic (exact) mass is 293 g/mol. The summed E-state index contributed by atoms with van der Waals surface area (Å²) >= 11 is 0. The van der Waals surface area contributed by atoms with Crippen molar-refractivity contribution in [2.45, 2.75) is 25.8 Å². The third kappa shape index (κ3) is 2.04. The lowest BCUT2D eigenvalue weighted by Crippen LogP contribution is -2.28. The molecule has 0 radical (unpaired) electrons. The summed E-state index contributed by atoms with van der Waals surface area (Å²) in [7, 11) is 0. The highest BCUT2D eigenvalue weighted by Crippen LogP contribution is 2.30. The highest BCUT2D eigenvalue weighted by molar-refractivity contribution is 5.91. The number of fused-ring (bicyclic) bond motifs is 2. The second kappa shape index (κ2) is 4.91. The molecule has 1 aromatic carbocycles. The normalized spacial score (nSPS) is 16.7. The molecule has 3 aromatic rings. The van der Waals surface area contributed by atoms with Gasteiger partial charge in [-0.2, -0.15) is 4.98 Å². The van der Waals surface area contributed by atoms with E-state index in [9.17, 15) is 4.79 Å². The first-order valence-electron chi connectivity index (χ1n) is 7.29. The minimum atomic E-state index is -0.258. The summed E-state index contributed by atoms with van der Waals surface area (Å²) in [5.41, 5.74) is 3.38. The summed E-state index contributed by atoms with van der Waals surface area (Å²) in [6.07, 6.45) is 3.56. The van der Waals surface area contributed by atoms with E-state index in [0.717, 1.165) is 18.5 Å². The Morgan fingerprint density at radius 3 is 3.05 bits per heavy atom. The molecule has 2 aromatic heterocycles. The number of nitrogens with zero attached hydrogens (tertiary/aromatic N) is 4. The van der Waals surface area contributed by atoms with Crippen molar-refractivity contribution in [3.63, 3.8) is 0 Å². The van der Waals surface area contributed by atoms with E-state index >= 15 is 0 Å². The first-order valence-corrected chi connectivity index (χ1v) is 7.29. The highest BCUT2D eigenvalue weighted by atomic mass is 16.2. The molecule has 0 aliphatic heterocycles. The van der Waals surface area contributed by atoms with Crippen molar-refractivity contribution in [2.24, 2.45) is 0 Å². The first kappa shape index (κ1) is 12.9. The molecule has 0 spiro atoms. The van der Waals surface area contributed by atoms with Gasteiger partial charge in [-0.25, -0.2) is 9.50 Å². The van der Waals surface area contributed by atoms with Gasteiger partial charge in [-0.05, 0) is 37.0 Å². The molecule has 2 heterocycles. The minimum Gasteiger partial charge on any atom is -0.342 e. The molecule has 110 valence electrons. The lowest BCUT2D eigenvalue weighted by Gasteiger charge is -2.12. The second-order valence-electron chi connectivity index (χ2n) is 5.50. The predicted octanol–water partition coefficient (Wildman–Crippen LogP) is 1.85. The van der Waals surface area contributed by atoms with E-state index in [1.807, 2.05) is 25.1 Å². The fraction of sp³-hybridized carbons (Fsp3) is 0.250. The Labute approximate surface area is 127 Å². The van der Waals surface area contributed by atoms with E-state index < -0.39 is 0 Å². The highest BCUT2D eigenvalue weighted by Gasteiger charge is 2.25. The standard InChI is InChI=1S/C16H15N5O/c1-10-8-9-17-16-19-14(20-21(10)16)15(22)18-13-7-6-11-4-2-3-5-12(11)13/h2-5,8-9,13H,6-7H2,1H3,(H,18,22). The van der Waals surface area contributed by atoms with Gasteiger partial charge in [-0.3, -0.25) is 4.79 Å². The number of carbonyl (C=O) groups excluding carboxylic acids is 1. The van der Waals surface area contributed by atoms with Gasteiger partial charge >= 0.3 is 0 Å². The molecule has 0 fully saturated rings. The largest absolute Gasteiger partial charge is 0.342 e. The zero-order chi connectivity index (χ0) is 15.1. The molecule has 0 saturated carbocycles. The van der Waals surface area contributed by atoms with E-state index in [1.54, 1.807) is 10.7 Å². The first-order chi connectivity index (χ1) is 10.7. The predicted molar refractivity (Wildman–Crippen MR) is 80.5 cm³/mol. The van der Waals surface area contributed by atoms with Crippen molar-refractivity contribution >= 4 is 11.7 Å². The number of hydrogen-bond donors (Lipinski definition) is 1. The summed E-state index contributed by atoms with van der Waals surface area (Å²) in [5, 5.41) is 7.27. The SMILES string of the molecule is Cc1ccnc2nc(C(=O)NC3CCc4ccccc43)nn12. The number of carbonyl (C=O) groups is 1. The number of hydrogen-bond acceptors (Lipinski definition) is 4. The van der Waals surface area contributed by atoms with Gasteiger partial charge in [-0.1, -0.05) is 24.3 Å². The van der Waals surface area contributed by atoms with Crippen LogP contribution in [-0.4, -0.2) is 25.5 Å². The van der Waals surface area contributed by atoms with Gasteiger partial charge in [-0.15, -0.1) is 5.10 Å². The van der Waals surface area contributed by atoms with Crippen molar-refractivity contribution < 1.29 is 4.79 Å². The maximum atomic E-state index is 12.4. The molecule has 22 heavy (non-hydrogen) atoms. The molecule has 1 unspecified atom stereocenters. The Hall–Kier alpha value is -2.76. The van der Waals surface area contributed by atoms with Gasteiger partial charge in [0.1, 0.15) is 0 Å². The van der Waals surface area contributed by atoms with Gasteiger partial charge in [0.25, 0.3) is 11.7 Å². The fourth-order valence-electron chi connectivity index (χ4n) is 2.93. The third-order valence-electron chi connectivity index (χ3n) is 4.07. The van der Waals surface area contributed by atoms with Crippen molar-refractivity contribution in [1.82, 2.24) is 24.9 Å². The maximum Gasteiger partial charge on any atom is 0.291 e. The van der Waals surface area contributed by atoms with Crippen LogP contribution in [0.3, 0.4) is 0 Å². The van der Waals surface area contributed by atoms with Crippen LogP contribution in [0, 0.1) is 6.92 Å². The van der Waals surface area contributed by atoms with E-state index in [4.69, 9.17) is 0 Å². The van der Waals surface area contributed by atoms with Crippen molar-refractivity contribution in [2.75, 3.05) is 0 Å². The molecule has 6 heteroatoms. The molecule has 0 bridgehead atoms. The van der Waals surface area contributed by atoms with Gasteiger partial charge in [0.15, 0.2) is 0 Å². The molecule has 6 nitrogen and oxygen atoms in total. The lowest BCUT2D eigenvalue weighted by molar-refractivity contribution is 0.0926. The summed E-state index contributed by atoms with van der Waals surface area (Å²) in [5.74, 6) is 0.342. The Morgan fingerprint density at radius 1 is 1.32 bits per heavy atom. The van der Waals surface area contributed by atoms with E-state index in [-0.39, 0.29) is 17.8 Å². The second-order valence-corrected chi connectivity index (χ2v) is 5.50. The average molecular weight is 293 g/mol. The molecule has 4 rings (SSSR count). The maximum absolute atomic E-state index is 12.4. The van der Waals surface area contributed by atoms with Crippen molar-refractivity contribution in [1.29, 1.82) is 0 Å². The number of benzene rings is 1.